The van der Waals surface area contributed by atoms with Crippen LogP contribution in [0.3, 0.4) is 0 Å². The van der Waals surface area contributed by atoms with E-state index in [1.54, 1.807) is 11.4 Å². The number of aryl methyl sites for hydroxylation is 1. The van der Waals surface area contributed by atoms with Crippen LogP contribution in [0.15, 0.2) is 72.3 Å². The Labute approximate surface area is 331 Å². The number of benzene rings is 3. The summed E-state index contributed by atoms with van der Waals surface area (Å²) in [6.45, 7) is 11.6. The summed E-state index contributed by atoms with van der Waals surface area (Å²) in [5.41, 5.74) is 5.61. The topological polar surface area (TPSA) is 97.4 Å². The van der Waals surface area contributed by atoms with Crippen LogP contribution in [0.2, 0.25) is 5.02 Å². The molecule has 0 radical (unpaired) electrons. The summed E-state index contributed by atoms with van der Waals surface area (Å²) in [4.78, 5) is 15.8. The molecule has 0 bridgehead atoms. The maximum absolute atomic E-state index is 13.3. The van der Waals surface area contributed by atoms with Crippen LogP contribution < -0.4 is 19.1 Å². The van der Waals surface area contributed by atoms with Gasteiger partial charge in [-0.1, -0.05) is 48.4 Å². The average molecular weight is 788 g/mol. The molecular formula is C44H54ClN3O6S. The predicted octanol–water partition coefficient (Wildman–Crippen LogP) is 8.11. The quantitative estimate of drug-likeness (QED) is 0.164. The van der Waals surface area contributed by atoms with E-state index in [1.807, 2.05) is 69.3 Å². The molecule has 11 heteroatoms. The lowest BCUT2D eigenvalue weighted by Gasteiger charge is -2.55. The van der Waals surface area contributed by atoms with E-state index in [0.717, 1.165) is 73.0 Å². The fourth-order valence-corrected chi connectivity index (χ4v) is 11.3. The second kappa shape index (κ2) is 14.4. The van der Waals surface area contributed by atoms with E-state index < -0.39 is 15.8 Å². The summed E-state index contributed by atoms with van der Waals surface area (Å²) >= 11 is 6.49. The second-order valence-corrected chi connectivity index (χ2v) is 20.0. The van der Waals surface area contributed by atoms with Crippen LogP contribution in [-0.2, 0) is 33.3 Å². The van der Waals surface area contributed by atoms with Crippen molar-refractivity contribution in [2.75, 3.05) is 44.8 Å². The first-order valence-electron chi connectivity index (χ1n) is 19.8. The molecule has 3 aromatic carbocycles. The normalized spacial score (nSPS) is 24.9. The number of nitrogens with one attached hydrogen (secondary N) is 1. The van der Waals surface area contributed by atoms with Gasteiger partial charge < -0.3 is 19.1 Å². The summed E-state index contributed by atoms with van der Waals surface area (Å²) in [6.07, 6.45) is 8.75. The number of ether oxygens (including phenoxy) is 3. The number of esters is 1. The Bertz CT molecular complexity index is 2090. The summed E-state index contributed by atoms with van der Waals surface area (Å²) in [5, 5.41) is 0.767. The Morgan fingerprint density at radius 2 is 1.82 bits per heavy atom. The number of rotatable bonds is 10. The van der Waals surface area contributed by atoms with Gasteiger partial charge in [-0.15, -0.1) is 0 Å². The molecule has 8 rings (SSSR count). The number of halogens is 1. The number of hydrogen-bond acceptors (Lipinski definition) is 7. The molecule has 294 valence electrons. The first-order chi connectivity index (χ1) is 26.1. The lowest BCUT2D eigenvalue weighted by atomic mass is 9.58. The third-order valence-corrected chi connectivity index (χ3v) is 14.5. The molecule has 2 spiro atoms. The van der Waals surface area contributed by atoms with E-state index in [0.29, 0.717) is 43.0 Å². The molecule has 0 unspecified atom stereocenters. The van der Waals surface area contributed by atoms with Crippen LogP contribution in [-0.4, -0.2) is 64.2 Å². The standard InChI is InChI=1S/C44H54ClN3O6S/c1-29(34-21-43(22-34)25-48(26-43)55(50,51)46-23-30-8-13-36(52-5)14-9-30)37-15-10-33(37)24-47-27-44(18-6-7-31-19-35(45)12-16-38(31)44)28-53-40-17-11-32(20-39(40)47)41(49)54-42(2,3)4/h8-9,11-14,16-17,19-21,29,33,37,46H,6-7,10,15,18,22-28H2,1-5H3/t29-,33-,37-,44-/m0/s1. The highest BCUT2D eigenvalue weighted by Gasteiger charge is 2.53. The molecule has 0 aromatic heterocycles. The number of methoxy groups -OCH3 is 1. The van der Waals surface area contributed by atoms with Gasteiger partial charge in [-0.2, -0.15) is 17.4 Å². The molecule has 1 N–H and O–H groups in total. The minimum atomic E-state index is -3.56. The first-order valence-corrected chi connectivity index (χ1v) is 21.6. The maximum Gasteiger partial charge on any atom is 0.338 e. The number of carbonyl (C=O) groups is 1. The number of fused-ring (bicyclic) bond motifs is 3. The monoisotopic (exact) mass is 787 g/mol. The molecule has 1 saturated heterocycles. The molecule has 1 saturated carbocycles. The minimum absolute atomic E-state index is 0.0551. The van der Waals surface area contributed by atoms with Crippen molar-refractivity contribution in [2.45, 2.75) is 83.8 Å². The van der Waals surface area contributed by atoms with Crippen molar-refractivity contribution in [1.82, 2.24) is 9.03 Å². The summed E-state index contributed by atoms with van der Waals surface area (Å²) < 4.78 is 48.2. The zero-order valence-corrected chi connectivity index (χ0v) is 34.3. The highest BCUT2D eigenvalue weighted by molar-refractivity contribution is 7.87. The van der Waals surface area contributed by atoms with Gasteiger partial charge in [0.05, 0.1) is 25.0 Å². The van der Waals surface area contributed by atoms with Gasteiger partial charge >= 0.3 is 5.97 Å². The zero-order valence-electron chi connectivity index (χ0n) is 32.7. The molecule has 55 heavy (non-hydrogen) atoms. The third-order valence-electron chi connectivity index (χ3n) is 12.8. The van der Waals surface area contributed by atoms with Gasteiger partial charge in [0.25, 0.3) is 10.2 Å². The van der Waals surface area contributed by atoms with Gasteiger partial charge in [-0.3, -0.25) is 0 Å². The third kappa shape index (κ3) is 7.64. The Morgan fingerprint density at radius 1 is 1.05 bits per heavy atom. The van der Waals surface area contributed by atoms with Crippen molar-refractivity contribution >= 4 is 33.5 Å². The number of hydrogen-bond donors (Lipinski definition) is 1. The molecule has 9 nitrogen and oxygen atoms in total. The maximum atomic E-state index is 13.3. The van der Waals surface area contributed by atoms with Crippen LogP contribution in [0.1, 0.15) is 86.8 Å². The van der Waals surface area contributed by atoms with E-state index in [9.17, 15) is 13.2 Å². The lowest BCUT2D eigenvalue weighted by molar-refractivity contribution is 0.00694. The Morgan fingerprint density at radius 3 is 2.51 bits per heavy atom. The van der Waals surface area contributed by atoms with Gasteiger partial charge in [0.1, 0.15) is 17.1 Å². The molecule has 5 aliphatic rings. The summed E-state index contributed by atoms with van der Waals surface area (Å²) in [7, 11) is -1.95. The first kappa shape index (κ1) is 38.3. The molecule has 2 fully saturated rings. The SMILES string of the molecule is COc1ccc(CNS(=O)(=O)N2CC3(C=C([C@H](C)[C@@H]4CC[C@H]4CN4C[C@@]5(CCCc6cc(Cl)ccc65)COc5ccc(C(=O)OC(C)(C)C)cc54)C3)C2)cc1. The molecule has 3 aliphatic carbocycles. The van der Waals surface area contributed by atoms with Gasteiger partial charge in [-0.25, -0.2) is 4.79 Å². The number of allylic oxidation sites excluding steroid dienone is 1. The number of nitrogens with zero attached hydrogens (tertiary/aromatic N) is 2. The molecule has 2 aliphatic heterocycles. The van der Waals surface area contributed by atoms with Crippen molar-refractivity contribution in [3.05, 3.63) is 99.6 Å². The van der Waals surface area contributed by atoms with Gasteiger partial charge in [0, 0.05) is 48.6 Å². The minimum Gasteiger partial charge on any atom is -0.497 e. The fourth-order valence-electron chi connectivity index (χ4n) is 9.72. The van der Waals surface area contributed by atoms with E-state index in [4.69, 9.17) is 25.8 Å². The lowest BCUT2D eigenvalue weighted by Crippen LogP contribution is -2.62. The predicted molar refractivity (Wildman–Crippen MR) is 216 cm³/mol. The van der Waals surface area contributed by atoms with Gasteiger partial charge in [0.15, 0.2) is 0 Å². The van der Waals surface area contributed by atoms with Gasteiger partial charge in [-0.05, 0) is 136 Å². The fraction of sp³-hybridized carbons (Fsp3) is 0.523. The molecular weight excluding hydrogens is 734 g/mol. The molecule has 2 heterocycles. The zero-order chi connectivity index (χ0) is 38.8. The van der Waals surface area contributed by atoms with Crippen LogP contribution in [0, 0.1) is 23.2 Å². The van der Waals surface area contributed by atoms with Crippen LogP contribution in [0.4, 0.5) is 5.69 Å². The molecule has 4 atom stereocenters. The van der Waals surface area contributed by atoms with E-state index in [-0.39, 0.29) is 23.3 Å². The van der Waals surface area contributed by atoms with Crippen molar-refractivity contribution in [3.8, 4) is 11.5 Å². The summed E-state index contributed by atoms with van der Waals surface area (Å²) in [5.74, 6) is 2.65. The smallest absolute Gasteiger partial charge is 0.338 e. The number of carbonyl (C=O) groups excluding carboxylic acids is 1. The second-order valence-electron chi connectivity index (χ2n) is 17.8. The van der Waals surface area contributed by atoms with Crippen LogP contribution >= 0.6 is 11.6 Å². The van der Waals surface area contributed by atoms with Crippen molar-refractivity contribution in [1.29, 1.82) is 0 Å². The van der Waals surface area contributed by atoms with Crippen LogP contribution in [0.25, 0.3) is 0 Å². The van der Waals surface area contributed by atoms with E-state index in [1.165, 1.54) is 23.1 Å². The average Bonchev–Trinajstić information content (AvgIpc) is 3.24. The van der Waals surface area contributed by atoms with E-state index in [2.05, 4.69) is 34.8 Å². The highest BCUT2D eigenvalue weighted by atomic mass is 35.5. The van der Waals surface area contributed by atoms with E-state index >= 15 is 0 Å². The molecule has 0 amide bonds. The Kier molecular flexibility index (Phi) is 10.0. The number of anilines is 1. The highest BCUT2D eigenvalue weighted by Crippen LogP contribution is 2.54. The van der Waals surface area contributed by atoms with Crippen molar-refractivity contribution < 1.29 is 27.4 Å². The van der Waals surface area contributed by atoms with Gasteiger partial charge in [0.2, 0.25) is 0 Å². The Balaban J connectivity index is 0.968. The summed E-state index contributed by atoms with van der Waals surface area (Å²) in [6, 6.07) is 19.5. The Hall–Kier alpha value is -3.57. The largest absolute Gasteiger partial charge is 0.497 e. The van der Waals surface area contributed by atoms with Crippen LogP contribution in [0.5, 0.6) is 11.5 Å². The van der Waals surface area contributed by atoms with Crippen molar-refractivity contribution in [2.24, 2.45) is 23.2 Å². The molecule has 3 aromatic rings. The van der Waals surface area contributed by atoms with Crippen molar-refractivity contribution in [3.63, 3.8) is 0 Å².